The summed E-state index contributed by atoms with van der Waals surface area (Å²) in [6.07, 6.45) is 4.92. The summed E-state index contributed by atoms with van der Waals surface area (Å²) in [5.74, 6) is 0.984. The molecule has 0 heterocycles. The van der Waals surface area contributed by atoms with Crippen molar-refractivity contribution in [1.29, 1.82) is 0 Å². The molecule has 0 radical (unpaired) electrons. The molecule has 0 aliphatic heterocycles. The number of aryl methyl sites for hydroxylation is 1. The number of hydrogen-bond acceptors (Lipinski definition) is 1. The Morgan fingerprint density at radius 2 is 1.69 bits per heavy atom. The van der Waals surface area contributed by atoms with Gasteiger partial charge in [-0.3, -0.25) is 4.79 Å². The molecule has 0 N–H and O–H groups in total. The van der Waals surface area contributed by atoms with Gasteiger partial charge < -0.3 is 0 Å². The van der Waals surface area contributed by atoms with Crippen molar-refractivity contribution in [3.05, 3.63) is 35.4 Å². The predicted octanol–water partition coefficient (Wildman–Crippen LogP) is 4.37. The van der Waals surface area contributed by atoms with Crippen molar-refractivity contribution in [3.8, 4) is 0 Å². The van der Waals surface area contributed by atoms with Crippen LogP contribution in [0.2, 0.25) is 0 Å². The minimum Gasteiger partial charge on any atom is -0.294 e. The quantitative estimate of drug-likeness (QED) is 0.392. The van der Waals surface area contributed by atoms with Gasteiger partial charge in [0.2, 0.25) is 0 Å². The fourth-order valence-electron chi connectivity index (χ4n) is 1.62. The molecule has 0 saturated heterocycles. The Kier molecular flexibility index (Phi) is 6.17. The van der Waals surface area contributed by atoms with E-state index in [1.54, 1.807) is 0 Å². The first-order valence-electron chi connectivity index (χ1n) is 5.90. The minimum atomic E-state index is 0.255. The van der Waals surface area contributed by atoms with Crippen LogP contribution in [0, 0.1) is 6.92 Å². The maximum atomic E-state index is 11.8. The molecule has 1 aromatic carbocycles. The summed E-state index contributed by atoms with van der Waals surface area (Å²) in [5, 5.41) is 0. The van der Waals surface area contributed by atoms with Crippen LogP contribution in [0.15, 0.2) is 24.3 Å². The molecule has 0 fully saturated rings. The SMILES string of the molecule is Cc1ccc(C(=O)CCCCCCCl)cc1. The van der Waals surface area contributed by atoms with Crippen LogP contribution in [-0.2, 0) is 0 Å². The number of halogens is 1. The zero-order valence-corrected chi connectivity index (χ0v) is 10.6. The average Bonchev–Trinajstić information content (AvgIpc) is 2.29. The molecule has 1 rings (SSSR count). The van der Waals surface area contributed by atoms with E-state index in [2.05, 4.69) is 0 Å². The molecule has 1 nitrogen and oxygen atoms in total. The van der Waals surface area contributed by atoms with Crippen LogP contribution in [0.3, 0.4) is 0 Å². The van der Waals surface area contributed by atoms with Crippen molar-refractivity contribution in [1.82, 2.24) is 0 Å². The van der Waals surface area contributed by atoms with Gasteiger partial charge in [0, 0.05) is 17.9 Å². The van der Waals surface area contributed by atoms with Gasteiger partial charge in [0.1, 0.15) is 0 Å². The van der Waals surface area contributed by atoms with Crippen molar-refractivity contribution in [2.45, 2.75) is 39.0 Å². The summed E-state index contributed by atoms with van der Waals surface area (Å²) in [4.78, 5) is 11.8. The molecule has 1 aromatic rings. The molecular formula is C14H19ClO. The Hall–Kier alpha value is -0.820. The summed E-state index contributed by atoms with van der Waals surface area (Å²) in [7, 11) is 0. The van der Waals surface area contributed by atoms with E-state index in [9.17, 15) is 4.79 Å². The zero-order chi connectivity index (χ0) is 11.8. The van der Waals surface area contributed by atoms with Gasteiger partial charge in [-0.05, 0) is 19.8 Å². The molecule has 0 atom stereocenters. The molecule has 16 heavy (non-hydrogen) atoms. The number of unbranched alkanes of at least 4 members (excludes halogenated alkanes) is 3. The number of rotatable bonds is 7. The molecule has 88 valence electrons. The van der Waals surface area contributed by atoms with Crippen molar-refractivity contribution >= 4 is 17.4 Å². The van der Waals surface area contributed by atoms with Gasteiger partial charge in [0.15, 0.2) is 5.78 Å². The number of carbonyl (C=O) groups excluding carboxylic acids is 1. The van der Waals surface area contributed by atoms with Crippen LogP contribution in [0.1, 0.15) is 48.0 Å². The molecule has 2 heteroatoms. The van der Waals surface area contributed by atoms with Gasteiger partial charge in [-0.25, -0.2) is 0 Å². The highest BCUT2D eigenvalue weighted by atomic mass is 35.5. The van der Waals surface area contributed by atoms with Crippen LogP contribution >= 0.6 is 11.6 Å². The lowest BCUT2D eigenvalue weighted by molar-refractivity contribution is 0.0979. The van der Waals surface area contributed by atoms with Gasteiger partial charge in [-0.2, -0.15) is 0 Å². The molecule has 0 bridgehead atoms. The maximum absolute atomic E-state index is 11.8. The average molecular weight is 239 g/mol. The van der Waals surface area contributed by atoms with Crippen LogP contribution in [0.25, 0.3) is 0 Å². The molecule has 0 aliphatic carbocycles. The topological polar surface area (TPSA) is 17.1 Å². The van der Waals surface area contributed by atoms with Gasteiger partial charge in [0.25, 0.3) is 0 Å². The van der Waals surface area contributed by atoms with Crippen LogP contribution in [0.5, 0.6) is 0 Å². The standard InChI is InChI=1S/C14H19ClO/c1-12-7-9-13(10-8-12)14(16)6-4-2-3-5-11-15/h7-10H,2-6,11H2,1H3. The first kappa shape index (κ1) is 13.2. The third kappa shape index (κ3) is 4.80. The Morgan fingerprint density at radius 1 is 1.06 bits per heavy atom. The molecule has 0 amide bonds. The molecule has 0 aliphatic rings. The van der Waals surface area contributed by atoms with E-state index in [1.165, 1.54) is 5.56 Å². The van der Waals surface area contributed by atoms with E-state index in [0.29, 0.717) is 6.42 Å². The Morgan fingerprint density at radius 3 is 2.31 bits per heavy atom. The number of Topliss-reactive ketones (excluding diaryl/α,β-unsaturated/α-hetero) is 1. The summed E-state index contributed by atoms with van der Waals surface area (Å²) in [6.45, 7) is 2.03. The second-order valence-electron chi connectivity index (χ2n) is 4.14. The lowest BCUT2D eigenvalue weighted by atomic mass is 10.0. The molecule has 0 spiro atoms. The van der Waals surface area contributed by atoms with Crippen molar-refractivity contribution < 1.29 is 4.79 Å². The number of alkyl halides is 1. The molecule has 0 aromatic heterocycles. The van der Waals surface area contributed by atoms with Gasteiger partial charge in [0.05, 0.1) is 0 Å². The van der Waals surface area contributed by atoms with Gasteiger partial charge >= 0.3 is 0 Å². The van der Waals surface area contributed by atoms with Crippen LogP contribution in [-0.4, -0.2) is 11.7 Å². The smallest absolute Gasteiger partial charge is 0.162 e. The number of ketones is 1. The third-order valence-electron chi connectivity index (χ3n) is 2.66. The number of benzene rings is 1. The van der Waals surface area contributed by atoms with Crippen molar-refractivity contribution in [3.63, 3.8) is 0 Å². The highest BCUT2D eigenvalue weighted by Gasteiger charge is 2.04. The second kappa shape index (κ2) is 7.45. The van der Waals surface area contributed by atoms with E-state index in [0.717, 1.165) is 37.1 Å². The number of carbonyl (C=O) groups is 1. The monoisotopic (exact) mass is 238 g/mol. The predicted molar refractivity (Wildman–Crippen MR) is 69.3 cm³/mol. The first-order valence-corrected chi connectivity index (χ1v) is 6.43. The van der Waals surface area contributed by atoms with E-state index < -0.39 is 0 Å². The molecule has 0 saturated carbocycles. The Labute approximate surface area is 103 Å². The summed E-state index contributed by atoms with van der Waals surface area (Å²) in [6, 6.07) is 7.80. The van der Waals surface area contributed by atoms with Gasteiger partial charge in [-0.15, -0.1) is 11.6 Å². The largest absolute Gasteiger partial charge is 0.294 e. The minimum absolute atomic E-state index is 0.255. The summed E-state index contributed by atoms with van der Waals surface area (Å²) < 4.78 is 0. The second-order valence-corrected chi connectivity index (χ2v) is 4.52. The summed E-state index contributed by atoms with van der Waals surface area (Å²) >= 11 is 5.59. The normalized spacial score (nSPS) is 10.4. The van der Waals surface area contributed by atoms with Crippen molar-refractivity contribution in [2.75, 3.05) is 5.88 Å². The maximum Gasteiger partial charge on any atom is 0.162 e. The molecule has 0 unspecified atom stereocenters. The van der Waals surface area contributed by atoms with Crippen molar-refractivity contribution in [2.24, 2.45) is 0 Å². The van der Waals surface area contributed by atoms with Crippen LogP contribution < -0.4 is 0 Å². The fraction of sp³-hybridized carbons (Fsp3) is 0.500. The zero-order valence-electron chi connectivity index (χ0n) is 9.84. The fourth-order valence-corrected chi connectivity index (χ4v) is 1.81. The first-order chi connectivity index (χ1) is 7.74. The Balaban J connectivity index is 2.27. The lowest BCUT2D eigenvalue weighted by Gasteiger charge is -2.01. The third-order valence-corrected chi connectivity index (χ3v) is 2.93. The Bertz CT molecular complexity index is 316. The lowest BCUT2D eigenvalue weighted by Crippen LogP contribution is -1.98. The van der Waals surface area contributed by atoms with E-state index in [-0.39, 0.29) is 5.78 Å². The number of hydrogen-bond donors (Lipinski definition) is 0. The van der Waals surface area contributed by atoms with E-state index >= 15 is 0 Å². The van der Waals surface area contributed by atoms with E-state index in [1.807, 2.05) is 31.2 Å². The van der Waals surface area contributed by atoms with Crippen LogP contribution in [0.4, 0.5) is 0 Å². The highest BCUT2D eigenvalue weighted by molar-refractivity contribution is 6.17. The summed E-state index contributed by atoms with van der Waals surface area (Å²) in [5.41, 5.74) is 2.03. The van der Waals surface area contributed by atoms with Gasteiger partial charge in [-0.1, -0.05) is 42.7 Å². The molecular weight excluding hydrogens is 220 g/mol. The van der Waals surface area contributed by atoms with E-state index in [4.69, 9.17) is 11.6 Å². The highest BCUT2D eigenvalue weighted by Crippen LogP contribution is 2.10.